The van der Waals surface area contributed by atoms with Crippen LogP contribution in [0.1, 0.15) is 50.5 Å². The first-order valence-corrected chi connectivity index (χ1v) is 11.0. The monoisotopic (exact) mass is 386 g/mol. The fraction of sp³-hybridized carbons (Fsp3) is 0.611. The van der Waals surface area contributed by atoms with Crippen molar-refractivity contribution in [2.75, 3.05) is 17.1 Å². The van der Waals surface area contributed by atoms with Crippen molar-refractivity contribution < 1.29 is 13.2 Å². The third-order valence-electron chi connectivity index (χ3n) is 4.61. The fourth-order valence-corrected chi connectivity index (χ4v) is 4.24. The molecule has 5 nitrogen and oxygen atoms in total. The first-order chi connectivity index (χ1) is 11.8. The summed E-state index contributed by atoms with van der Waals surface area (Å²) >= 11 is 6.11. The number of halogens is 1. The predicted octanol–water partition coefficient (Wildman–Crippen LogP) is 3.64. The molecule has 1 aromatic carbocycles. The van der Waals surface area contributed by atoms with Gasteiger partial charge in [0.2, 0.25) is 15.9 Å². The maximum Gasteiger partial charge on any atom is 0.232 e. The SMILES string of the molecule is Cc1ccc(N(CCC(=O)NC2CCCCCC2)S(C)(=O)=O)cc1Cl. The second-order valence-electron chi connectivity index (χ2n) is 6.77. The van der Waals surface area contributed by atoms with E-state index in [2.05, 4.69) is 5.32 Å². The number of sulfonamides is 1. The second-order valence-corrected chi connectivity index (χ2v) is 9.09. The van der Waals surface area contributed by atoms with Gasteiger partial charge in [-0.15, -0.1) is 0 Å². The molecule has 0 bridgehead atoms. The van der Waals surface area contributed by atoms with Gasteiger partial charge in [0.05, 0.1) is 11.9 Å². The molecule has 0 radical (unpaired) electrons. The smallest absolute Gasteiger partial charge is 0.232 e. The van der Waals surface area contributed by atoms with E-state index >= 15 is 0 Å². The highest BCUT2D eigenvalue weighted by molar-refractivity contribution is 7.92. The molecular weight excluding hydrogens is 360 g/mol. The molecule has 1 saturated carbocycles. The van der Waals surface area contributed by atoms with Crippen molar-refractivity contribution in [3.63, 3.8) is 0 Å². The Bertz CT molecular complexity index is 698. The fourth-order valence-electron chi connectivity index (χ4n) is 3.15. The number of carbonyl (C=O) groups excluding carboxylic acids is 1. The van der Waals surface area contributed by atoms with E-state index in [1.165, 1.54) is 17.1 Å². The Hall–Kier alpha value is -1.27. The van der Waals surface area contributed by atoms with Crippen LogP contribution in [0.4, 0.5) is 5.69 Å². The third kappa shape index (κ3) is 6.19. The van der Waals surface area contributed by atoms with Gasteiger partial charge in [0, 0.05) is 24.0 Å². The van der Waals surface area contributed by atoms with E-state index in [1.54, 1.807) is 18.2 Å². The maximum atomic E-state index is 12.2. The Morgan fingerprint density at radius 2 is 1.88 bits per heavy atom. The Balaban J connectivity index is 2.00. The van der Waals surface area contributed by atoms with Crippen LogP contribution in [-0.2, 0) is 14.8 Å². The Labute approximate surface area is 155 Å². The first-order valence-electron chi connectivity index (χ1n) is 8.80. The van der Waals surface area contributed by atoms with Crippen molar-refractivity contribution in [3.8, 4) is 0 Å². The Morgan fingerprint density at radius 1 is 1.24 bits per heavy atom. The van der Waals surface area contributed by atoms with Gasteiger partial charge in [-0.05, 0) is 37.5 Å². The van der Waals surface area contributed by atoms with Crippen LogP contribution in [0.15, 0.2) is 18.2 Å². The molecule has 7 heteroatoms. The molecule has 0 aromatic heterocycles. The van der Waals surface area contributed by atoms with Gasteiger partial charge in [-0.1, -0.05) is 43.4 Å². The van der Waals surface area contributed by atoms with E-state index in [-0.39, 0.29) is 24.9 Å². The van der Waals surface area contributed by atoms with Gasteiger partial charge >= 0.3 is 0 Å². The normalized spacial score (nSPS) is 16.3. The average Bonchev–Trinajstić information content (AvgIpc) is 2.78. The number of nitrogens with zero attached hydrogens (tertiary/aromatic N) is 1. The van der Waals surface area contributed by atoms with Gasteiger partial charge < -0.3 is 5.32 Å². The summed E-state index contributed by atoms with van der Waals surface area (Å²) in [5.41, 5.74) is 1.37. The van der Waals surface area contributed by atoms with Gasteiger partial charge in [0.1, 0.15) is 0 Å². The van der Waals surface area contributed by atoms with Gasteiger partial charge in [-0.2, -0.15) is 0 Å². The number of aryl methyl sites for hydroxylation is 1. The van der Waals surface area contributed by atoms with Crippen LogP contribution in [0.5, 0.6) is 0 Å². The van der Waals surface area contributed by atoms with Crippen LogP contribution in [0.25, 0.3) is 0 Å². The molecule has 1 amide bonds. The van der Waals surface area contributed by atoms with E-state index in [0.29, 0.717) is 10.7 Å². The molecule has 0 spiro atoms. The highest BCUT2D eigenvalue weighted by atomic mass is 35.5. The lowest BCUT2D eigenvalue weighted by molar-refractivity contribution is -0.121. The van der Waals surface area contributed by atoms with Crippen LogP contribution in [0.3, 0.4) is 0 Å². The van der Waals surface area contributed by atoms with Gasteiger partial charge in [-0.25, -0.2) is 8.42 Å². The zero-order valence-corrected chi connectivity index (χ0v) is 16.5. The molecule has 0 unspecified atom stereocenters. The summed E-state index contributed by atoms with van der Waals surface area (Å²) in [5, 5.41) is 3.56. The Morgan fingerprint density at radius 3 is 2.44 bits per heavy atom. The molecule has 1 aliphatic carbocycles. The number of carbonyl (C=O) groups is 1. The minimum Gasteiger partial charge on any atom is -0.353 e. The zero-order valence-electron chi connectivity index (χ0n) is 14.9. The predicted molar refractivity (Wildman–Crippen MR) is 103 cm³/mol. The van der Waals surface area contributed by atoms with Crippen molar-refractivity contribution in [2.45, 2.75) is 57.9 Å². The molecule has 1 aliphatic rings. The summed E-state index contributed by atoms with van der Waals surface area (Å²) in [7, 11) is -3.49. The summed E-state index contributed by atoms with van der Waals surface area (Å²) in [5.74, 6) is -0.0984. The highest BCUT2D eigenvalue weighted by Gasteiger charge is 2.20. The summed E-state index contributed by atoms with van der Waals surface area (Å²) < 4.78 is 25.5. The lowest BCUT2D eigenvalue weighted by Gasteiger charge is -2.23. The summed E-state index contributed by atoms with van der Waals surface area (Å²) in [6, 6.07) is 5.34. The average molecular weight is 387 g/mol. The molecule has 1 fully saturated rings. The number of rotatable bonds is 6. The van der Waals surface area contributed by atoms with E-state index in [0.717, 1.165) is 37.5 Å². The largest absolute Gasteiger partial charge is 0.353 e. The van der Waals surface area contributed by atoms with Crippen LogP contribution < -0.4 is 9.62 Å². The van der Waals surface area contributed by atoms with Crippen LogP contribution in [0, 0.1) is 6.92 Å². The van der Waals surface area contributed by atoms with Crippen molar-refractivity contribution >= 4 is 33.2 Å². The molecular formula is C18H27ClN2O3S. The molecule has 1 aromatic rings. The molecule has 0 heterocycles. The second kappa shape index (κ2) is 8.90. The van der Waals surface area contributed by atoms with E-state index in [4.69, 9.17) is 11.6 Å². The molecule has 0 aliphatic heterocycles. The topological polar surface area (TPSA) is 66.5 Å². The van der Waals surface area contributed by atoms with Crippen LogP contribution in [-0.4, -0.2) is 33.2 Å². The van der Waals surface area contributed by atoms with Gasteiger partial charge in [0.25, 0.3) is 0 Å². The first kappa shape index (κ1) is 20.0. The molecule has 0 atom stereocenters. The molecule has 1 N–H and O–H groups in total. The summed E-state index contributed by atoms with van der Waals surface area (Å²) in [6.45, 7) is 1.97. The van der Waals surface area contributed by atoms with Gasteiger partial charge in [-0.3, -0.25) is 9.10 Å². The molecule has 0 saturated heterocycles. The van der Waals surface area contributed by atoms with Crippen molar-refractivity contribution in [3.05, 3.63) is 28.8 Å². The number of hydrogen-bond acceptors (Lipinski definition) is 3. The van der Waals surface area contributed by atoms with E-state index < -0.39 is 10.0 Å². The van der Waals surface area contributed by atoms with Crippen molar-refractivity contribution in [1.82, 2.24) is 5.32 Å². The third-order valence-corrected chi connectivity index (χ3v) is 6.21. The summed E-state index contributed by atoms with van der Waals surface area (Å²) in [4.78, 5) is 12.2. The van der Waals surface area contributed by atoms with Crippen LogP contribution >= 0.6 is 11.6 Å². The van der Waals surface area contributed by atoms with Crippen molar-refractivity contribution in [1.29, 1.82) is 0 Å². The lowest BCUT2D eigenvalue weighted by Crippen LogP contribution is -2.38. The minimum atomic E-state index is -3.49. The maximum absolute atomic E-state index is 12.2. The minimum absolute atomic E-state index is 0.0984. The highest BCUT2D eigenvalue weighted by Crippen LogP contribution is 2.25. The van der Waals surface area contributed by atoms with Crippen molar-refractivity contribution in [2.24, 2.45) is 0 Å². The number of hydrogen-bond donors (Lipinski definition) is 1. The van der Waals surface area contributed by atoms with Gasteiger partial charge in [0.15, 0.2) is 0 Å². The number of amides is 1. The van der Waals surface area contributed by atoms with E-state index in [1.807, 2.05) is 6.92 Å². The van der Waals surface area contributed by atoms with Crippen LogP contribution in [0.2, 0.25) is 5.02 Å². The zero-order chi connectivity index (χ0) is 18.4. The molecule has 140 valence electrons. The number of benzene rings is 1. The number of anilines is 1. The summed E-state index contributed by atoms with van der Waals surface area (Å²) in [6.07, 6.45) is 8.03. The molecule has 2 rings (SSSR count). The molecule has 25 heavy (non-hydrogen) atoms. The Kier molecular flexibility index (Phi) is 7.14. The lowest BCUT2D eigenvalue weighted by atomic mass is 10.1. The standard InChI is InChI=1S/C18H27ClN2O3S/c1-14-9-10-16(13-17(14)19)21(25(2,23)24)12-11-18(22)20-15-7-5-3-4-6-8-15/h9-10,13,15H,3-8,11-12H2,1-2H3,(H,20,22). The number of nitrogens with one attached hydrogen (secondary N) is 1. The quantitative estimate of drug-likeness (QED) is 0.759. The van der Waals surface area contributed by atoms with E-state index in [9.17, 15) is 13.2 Å².